The van der Waals surface area contributed by atoms with Gasteiger partial charge in [0.15, 0.2) is 0 Å². The molecule has 0 spiro atoms. The summed E-state index contributed by atoms with van der Waals surface area (Å²) in [6, 6.07) is 7.79. The summed E-state index contributed by atoms with van der Waals surface area (Å²) in [7, 11) is 0. The monoisotopic (exact) mass is 319 g/mol. The highest BCUT2D eigenvalue weighted by Gasteiger charge is 2.13. The summed E-state index contributed by atoms with van der Waals surface area (Å²) in [6.07, 6.45) is 1.60. The van der Waals surface area contributed by atoms with Gasteiger partial charge in [0.1, 0.15) is 6.67 Å². The lowest BCUT2D eigenvalue weighted by atomic mass is 10.1. The van der Waals surface area contributed by atoms with Crippen LogP contribution in [0.15, 0.2) is 39.8 Å². The smallest absolute Gasteiger partial charge is 0.365 e. The quantitative estimate of drug-likeness (QED) is 0.919. The number of amides is 1. The lowest BCUT2D eigenvalue weighted by Crippen LogP contribution is -2.36. The molecule has 1 fully saturated rings. The summed E-state index contributed by atoms with van der Waals surface area (Å²) < 4.78 is 11.7. The highest BCUT2D eigenvalue weighted by Crippen LogP contribution is 2.22. The molecular formula is C16H21N3O4. The number of anilines is 1. The third kappa shape index (κ3) is 3.62. The van der Waals surface area contributed by atoms with Crippen molar-refractivity contribution >= 4 is 11.6 Å². The fourth-order valence-corrected chi connectivity index (χ4v) is 2.51. The second kappa shape index (κ2) is 6.70. The van der Waals surface area contributed by atoms with E-state index in [1.807, 2.05) is 24.3 Å². The molecule has 0 unspecified atom stereocenters. The molecule has 1 aliphatic heterocycles. The summed E-state index contributed by atoms with van der Waals surface area (Å²) in [5.74, 6) is -0.183. The number of hydrogen-bond acceptors (Lipinski definition) is 5. The molecule has 0 bridgehead atoms. The molecule has 0 saturated carbocycles. The molecule has 2 heterocycles. The van der Waals surface area contributed by atoms with Gasteiger partial charge in [-0.25, -0.2) is 4.79 Å². The van der Waals surface area contributed by atoms with Gasteiger partial charge in [-0.3, -0.25) is 4.79 Å². The summed E-state index contributed by atoms with van der Waals surface area (Å²) in [6.45, 7) is 4.75. The molecule has 1 N–H and O–H groups in total. The van der Waals surface area contributed by atoms with Crippen LogP contribution in [-0.2, 0) is 16.2 Å². The van der Waals surface area contributed by atoms with Crippen molar-refractivity contribution in [2.45, 2.75) is 13.6 Å². The molecule has 0 atom stereocenters. The third-order valence-corrected chi connectivity index (χ3v) is 3.73. The topological polar surface area (TPSA) is 76.7 Å². The Labute approximate surface area is 134 Å². The number of ether oxygens (including phenoxy) is 1. The van der Waals surface area contributed by atoms with Crippen LogP contribution in [0.5, 0.6) is 0 Å². The predicted octanol–water partition coefficient (Wildman–Crippen LogP) is 1.28. The number of nitrogens with zero attached hydrogens (tertiary/aromatic N) is 2. The van der Waals surface area contributed by atoms with E-state index in [4.69, 9.17) is 9.26 Å². The SMILES string of the molecule is CC(=O)NCn1cc(-c2ccc(N3CCOCC3)cc2)c(=O)o1.[HH]. The number of carbonyl (C=O) groups excluding carboxylic acids is 1. The minimum atomic E-state index is -0.422. The van der Waals surface area contributed by atoms with Gasteiger partial charge in [0, 0.05) is 27.1 Å². The second-order valence-electron chi connectivity index (χ2n) is 5.38. The Balaban J connectivity index is 0.00000208. The maximum Gasteiger partial charge on any atom is 0.365 e. The first kappa shape index (κ1) is 15.4. The number of rotatable bonds is 4. The van der Waals surface area contributed by atoms with E-state index in [2.05, 4.69) is 10.2 Å². The van der Waals surface area contributed by atoms with Crippen LogP contribution in [0, 0.1) is 0 Å². The van der Waals surface area contributed by atoms with Gasteiger partial charge in [-0.1, -0.05) is 12.1 Å². The van der Waals surface area contributed by atoms with E-state index in [0.717, 1.165) is 37.6 Å². The molecular weight excluding hydrogens is 298 g/mol. The molecule has 1 saturated heterocycles. The minimum Gasteiger partial charge on any atom is -0.378 e. The van der Waals surface area contributed by atoms with Crippen molar-refractivity contribution < 1.29 is 15.5 Å². The molecule has 7 nitrogen and oxygen atoms in total. The van der Waals surface area contributed by atoms with Gasteiger partial charge in [-0.05, 0) is 17.7 Å². The van der Waals surface area contributed by atoms with Crippen molar-refractivity contribution in [2.75, 3.05) is 31.2 Å². The molecule has 7 heteroatoms. The summed E-state index contributed by atoms with van der Waals surface area (Å²) in [4.78, 5) is 25.1. The first-order valence-corrected chi connectivity index (χ1v) is 7.52. The van der Waals surface area contributed by atoms with E-state index >= 15 is 0 Å². The third-order valence-electron chi connectivity index (χ3n) is 3.73. The van der Waals surface area contributed by atoms with Crippen molar-refractivity contribution in [1.82, 2.24) is 10.1 Å². The molecule has 1 aromatic carbocycles. The fourth-order valence-electron chi connectivity index (χ4n) is 2.51. The van der Waals surface area contributed by atoms with Crippen LogP contribution in [0.2, 0.25) is 0 Å². The Morgan fingerprint density at radius 1 is 1.26 bits per heavy atom. The maximum atomic E-state index is 11.9. The molecule has 23 heavy (non-hydrogen) atoms. The van der Waals surface area contributed by atoms with Gasteiger partial charge in [-0.15, -0.1) is 0 Å². The van der Waals surface area contributed by atoms with Gasteiger partial charge in [0.2, 0.25) is 5.91 Å². The van der Waals surface area contributed by atoms with Crippen LogP contribution in [0.4, 0.5) is 5.69 Å². The van der Waals surface area contributed by atoms with Gasteiger partial charge < -0.3 is 19.5 Å². The van der Waals surface area contributed by atoms with Crippen LogP contribution in [0.25, 0.3) is 11.1 Å². The molecule has 1 aromatic heterocycles. The highest BCUT2D eigenvalue weighted by molar-refractivity contribution is 5.72. The summed E-state index contributed by atoms with van der Waals surface area (Å²) in [5, 5.41) is 2.58. The van der Waals surface area contributed by atoms with E-state index in [-0.39, 0.29) is 14.0 Å². The Hall–Kier alpha value is -2.54. The Bertz CT molecular complexity index is 733. The van der Waals surface area contributed by atoms with Crippen LogP contribution < -0.4 is 15.8 Å². The largest absolute Gasteiger partial charge is 0.378 e. The van der Waals surface area contributed by atoms with Crippen LogP contribution in [-0.4, -0.2) is 37.0 Å². The zero-order chi connectivity index (χ0) is 16.2. The Kier molecular flexibility index (Phi) is 4.47. The normalized spacial score (nSPS) is 14.7. The lowest BCUT2D eigenvalue weighted by Gasteiger charge is -2.28. The number of aromatic nitrogens is 1. The molecule has 124 valence electrons. The Morgan fingerprint density at radius 2 is 1.96 bits per heavy atom. The standard InChI is InChI=1S/C16H19N3O4.H2/c1-12(20)17-11-19-10-15(16(21)23-19)13-2-4-14(5-3-13)18-6-8-22-9-7-18;/h2-5,10H,6-9,11H2,1H3,(H,17,20);1H. The number of morpholine rings is 1. The van der Waals surface area contributed by atoms with Gasteiger partial charge >= 0.3 is 5.63 Å². The number of benzene rings is 1. The van der Waals surface area contributed by atoms with Crippen molar-refractivity contribution in [1.29, 1.82) is 0 Å². The van der Waals surface area contributed by atoms with Gasteiger partial charge in [0.25, 0.3) is 0 Å². The number of carbonyl (C=O) groups is 1. The van der Waals surface area contributed by atoms with E-state index < -0.39 is 5.63 Å². The van der Waals surface area contributed by atoms with Crippen molar-refractivity contribution in [3.05, 3.63) is 40.9 Å². The number of hydrogen-bond donors (Lipinski definition) is 1. The molecule has 0 aliphatic carbocycles. The molecule has 1 amide bonds. The summed E-state index contributed by atoms with van der Waals surface area (Å²) >= 11 is 0. The van der Waals surface area contributed by atoms with Crippen molar-refractivity contribution in [3.8, 4) is 11.1 Å². The zero-order valence-electron chi connectivity index (χ0n) is 12.9. The highest BCUT2D eigenvalue weighted by atomic mass is 16.5. The lowest BCUT2D eigenvalue weighted by molar-refractivity contribution is -0.119. The van der Waals surface area contributed by atoms with Crippen molar-refractivity contribution in [3.63, 3.8) is 0 Å². The predicted molar refractivity (Wildman–Crippen MR) is 87.4 cm³/mol. The summed E-state index contributed by atoms with van der Waals surface area (Å²) in [5.41, 5.74) is 1.95. The van der Waals surface area contributed by atoms with Gasteiger partial charge in [-0.2, -0.15) is 4.74 Å². The minimum absolute atomic E-state index is 0. The molecule has 0 radical (unpaired) electrons. The van der Waals surface area contributed by atoms with Gasteiger partial charge in [0.05, 0.1) is 25.0 Å². The average molecular weight is 319 g/mol. The van der Waals surface area contributed by atoms with E-state index in [9.17, 15) is 9.59 Å². The first-order chi connectivity index (χ1) is 11.1. The Morgan fingerprint density at radius 3 is 2.61 bits per heavy atom. The molecule has 2 aromatic rings. The van der Waals surface area contributed by atoms with E-state index in [0.29, 0.717) is 5.56 Å². The molecule has 3 rings (SSSR count). The van der Waals surface area contributed by atoms with Crippen LogP contribution in [0.3, 0.4) is 0 Å². The zero-order valence-corrected chi connectivity index (χ0v) is 12.9. The first-order valence-electron chi connectivity index (χ1n) is 7.52. The van der Waals surface area contributed by atoms with Crippen LogP contribution in [0.1, 0.15) is 8.35 Å². The van der Waals surface area contributed by atoms with Crippen molar-refractivity contribution in [2.24, 2.45) is 0 Å². The van der Waals surface area contributed by atoms with E-state index in [1.54, 1.807) is 6.20 Å². The molecule has 1 aliphatic rings. The fraction of sp³-hybridized carbons (Fsp3) is 0.375. The number of nitrogens with one attached hydrogen (secondary N) is 1. The average Bonchev–Trinajstić information content (AvgIpc) is 2.95. The maximum absolute atomic E-state index is 11.9. The van der Waals surface area contributed by atoms with Crippen LogP contribution >= 0.6 is 0 Å². The van der Waals surface area contributed by atoms with E-state index in [1.165, 1.54) is 11.7 Å². The second-order valence-corrected chi connectivity index (χ2v) is 5.38.